The van der Waals surface area contributed by atoms with E-state index in [2.05, 4.69) is 55.2 Å². The maximum absolute atomic E-state index is 13.1. The molecule has 174 valence electrons. The van der Waals surface area contributed by atoms with Gasteiger partial charge in [-0.2, -0.15) is 10.2 Å². The van der Waals surface area contributed by atoms with E-state index in [4.69, 9.17) is 0 Å². The van der Waals surface area contributed by atoms with E-state index in [1.165, 1.54) is 0 Å². The molecule has 1 aliphatic heterocycles. The third-order valence-corrected chi connectivity index (χ3v) is 6.79. The van der Waals surface area contributed by atoms with Crippen molar-refractivity contribution in [2.45, 2.75) is 39.3 Å². The first-order valence-electron chi connectivity index (χ1n) is 11.6. The van der Waals surface area contributed by atoms with Gasteiger partial charge >= 0.3 is 5.69 Å². The fourth-order valence-electron chi connectivity index (χ4n) is 5.23. The molecule has 4 aromatic heterocycles. The van der Waals surface area contributed by atoms with Crippen LogP contribution in [-0.2, 0) is 13.6 Å². The molecule has 1 saturated heterocycles. The number of hydrogen-bond donors (Lipinski definition) is 1. The van der Waals surface area contributed by atoms with Crippen LogP contribution in [0.3, 0.4) is 0 Å². The second-order valence-corrected chi connectivity index (χ2v) is 9.29. The molecule has 0 amide bonds. The number of nitrogens with one attached hydrogen (secondary N) is 1. The van der Waals surface area contributed by atoms with Crippen LogP contribution >= 0.6 is 0 Å². The number of pyridine rings is 1. The Kier molecular flexibility index (Phi) is 4.84. The second kappa shape index (κ2) is 7.91. The molecule has 10 nitrogen and oxygen atoms in total. The molecule has 1 aromatic carbocycles. The molecular weight excluding hydrogens is 430 g/mol. The van der Waals surface area contributed by atoms with Crippen molar-refractivity contribution in [1.82, 2.24) is 43.8 Å². The standard InChI is InChI=1S/C24H27N9O/c1-15-8-21-20(9-19(15)17-7-16(2)23-25-13-27-32(23)10-17)28-24(34)33(21)18-5-4-6-31(11-18)12-22-26-14-30(3)29-22/h7-10,13-14,18H,4-6,11-12H2,1-3H3,(H,28,34)/t18-/m1/s1. The highest BCUT2D eigenvalue weighted by molar-refractivity contribution is 5.84. The highest BCUT2D eigenvalue weighted by Gasteiger charge is 2.25. The number of fused-ring (bicyclic) bond motifs is 2. The summed E-state index contributed by atoms with van der Waals surface area (Å²) in [6, 6.07) is 6.44. The fraction of sp³-hybridized carbons (Fsp3) is 0.375. The molecule has 1 atom stereocenters. The minimum atomic E-state index is -0.0581. The average molecular weight is 458 g/mol. The van der Waals surface area contributed by atoms with Gasteiger partial charge in [0.15, 0.2) is 11.5 Å². The number of aromatic amines is 1. The summed E-state index contributed by atoms with van der Waals surface area (Å²) < 4.78 is 5.47. The first-order chi connectivity index (χ1) is 16.5. The van der Waals surface area contributed by atoms with Crippen molar-refractivity contribution in [2.75, 3.05) is 13.1 Å². The van der Waals surface area contributed by atoms with E-state index in [0.29, 0.717) is 6.54 Å². The Bertz CT molecular complexity index is 1570. The van der Waals surface area contributed by atoms with Crippen molar-refractivity contribution < 1.29 is 0 Å². The van der Waals surface area contributed by atoms with E-state index >= 15 is 0 Å². The molecule has 10 heteroatoms. The Balaban J connectivity index is 1.35. The van der Waals surface area contributed by atoms with Crippen LogP contribution in [0.4, 0.5) is 0 Å². The molecule has 0 unspecified atom stereocenters. The molecule has 0 aliphatic carbocycles. The lowest BCUT2D eigenvalue weighted by Crippen LogP contribution is -2.39. The number of benzene rings is 1. The molecule has 1 fully saturated rings. The predicted molar refractivity (Wildman–Crippen MR) is 129 cm³/mol. The van der Waals surface area contributed by atoms with Crippen molar-refractivity contribution in [3.05, 3.63) is 64.5 Å². The van der Waals surface area contributed by atoms with Crippen molar-refractivity contribution in [2.24, 2.45) is 7.05 Å². The molecule has 6 rings (SSSR count). The lowest BCUT2D eigenvalue weighted by atomic mass is 9.99. The zero-order valence-corrected chi connectivity index (χ0v) is 19.6. The van der Waals surface area contributed by atoms with E-state index in [0.717, 1.165) is 70.7 Å². The van der Waals surface area contributed by atoms with Gasteiger partial charge in [0.25, 0.3) is 0 Å². The predicted octanol–water partition coefficient (Wildman–Crippen LogP) is 2.62. The number of H-pyrrole nitrogens is 1. The maximum Gasteiger partial charge on any atom is 0.326 e. The van der Waals surface area contributed by atoms with E-state index in [9.17, 15) is 4.79 Å². The number of rotatable bonds is 4. The number of piperidine rings is 1. The number of hydrogen-bond acceptors (Lipinski definition) is 6. The highest BCUT2D eigenvalue weighted by atomic mass is 16.1. The molecule has 1 N–H and O–H groups in total. The van der Waals surface area contributed by atoms with Gasteiger partial charge in [-0.1, -0.05) is 0 Å². The van der Waals surface area contributed by atoms with Gasteiger partial charge in [-0.05, 0) is 68.1 Å². The Labute approximate surface area is 195 Å². The average Bonchev–Trinajstić information content (AvgIpc) is 3.51. The van der Waals surface area contributed by atoms with Gasteiger partial charge in [-0.15, -0.1) is 0 Å². The summed E-state index contributed by atoms with van der Waals surface area (Å²) in [5.41, 5.74) is 6.90. The van der Waals surface area contributed by atoms with Crippen molar-refractivity contribution >= 4 is 16.7 Å². The summed E-state index contributed by atoms with van der Waals surface area (Å²) in [5.74, 6) is 0.814. The van der Waals surface area contributed by atoms with E-state index in [1.807, 2.05) is 24.7 Å². The maximum atomic E-state index is 13.1. The minimum absolute atomic E-state index is 0.0581. The summed E-state index contributed by atoms with van der Waals surface area (Å²) in [7, 11) is 1.88. The van der Waals surface area contributed by atoms with Gasteiger partial charge in [0.05, 0.1) is 23.6 Å². The molecule has 5 aromatic rings. The molecule has 0 radical (unpaired) electrons. The Morgan fingerprint density at radius 2 is 2.03 bits per heavy atom. The summed E-state index contributed by atoms with van der Waals surface area (Å²) in [4.78, 5) is 27.2. The highest BCUT2D eigenvalue weighted by Crippen LogP contribution is 2.31. The zero-order valence-electron chi connectivity index (χ0n) is 19.6. The molecule has 34 heavy (non-hydrogen) atoms. The summed E-state index contributed by atoms with van der Waals surface area (Å²) >= 11 is 0. The fourth-order valence-corrected chi connectivity index (χ4v) is 5.23. The quantitative estimate of drug-likeness (QED) is 0.445. The van der Waals surface area contributed by atoms with Gasteiger partial charge in [-0.3, -0.25) is 14.1 Å². The van der Waals surface area contributed by atoms with Crippen molar-refractivity contribution in [1.29, 1.82) is 0 Å². The second-order valence-electron chi connectivity index (χ2n) is 9.29. The largest absolute Gasteiger partial charge is 0.326 e. The van der Waals surface area contributed by atoms with Crippen LogP contribution in [0.15, 0.2) is 41.8 Å². The van der Waals surface area contributed by atoms with Crippen LogP contribution < -0.4 is 5.69 Å². The summed E-state index contributed by atoms with van der Waals surface area (Å²) in [5, 5.41) is 8.72. The van der Waals surface area contributed by atoms with Gasteiger partial charge in [0.1, 0.15) is 12.7 Å². The number of aryl methyl sites for hydroxylation is 3. The van der Waals surface area contributed by atoms with Gasteiger partial charge < -0.3 is 4.98 Å². The summed E-state index contributed by atoms with van der Waals surface area (Å²) in [6.45, 7) is 6.61. The van der Waals surface area contributed by atoms with Crippen LogP contribution in [0.2, 0.25) is 0 Å². The zero-order chi connectivity index (χ0) is 23.4. The first kappa shape index (κ1) is 20.8. The lowest BCUT2D eigenvalue weighted by molar-refractivity contribution is 0.167. The van der Waals surface area contributed by atoms with E-state index < -0.39 is 0 Å². The molecule has 5 heterocycles. The van der Waals surface area contributed by atoms with E-state index in [1.54, 1.807) is 21.9 Å². The SMILES string of the molecule is Cc1cc2c(cc1-c1cc(C)c3ncnn3c1)[nH]c(=O)n2[C@@H]1CCCN(Cc2ncn(C)n2)C1. The third kappa shape index (κ3) is 3.50. The van der Waals surface area contributed by atoms with Crippen molar-refractivity contribution in [3.8, 4) is 11.1 Å². The number of imidazole rings is 1. The van der Waals surface area contributed by atoms with Crippen LogP contribution in [0, 0.1) is 13.8 Å². The Hall–Kier alpha value is -3.79. The normalized spacial score (nSPS) is 17.2. The first-order valence-corrected chi connectivity index (χ1v) is 11.6. The van der Waals surface area contributed by atoms with Crippen LogP contribution in [0.1, 0.15) is 35.8 Å². The topological polar surface area (TPSA) is 102 Å². The van der Waals surface area contributed by atoms with Crippen LogP contribution in [-0.4, -0.2) is 56.9 Å². The van der Waals surface area contributed by atoms with E-state index in [-0.39, 0.29) is 11.7 Å². The molecule has 0 spiro atoms. The van der Waals surface area contributed by atoms with Crippen LogP contribution in [0.25, 0.3) is 27.8 Å². The number of likely N-dealkylation sites (tertiary alicyclic amines) is 1. The Morgan fingerprint density at radius 3 is 2.85 bits per heavy atom. The third-order valence-electron chi connectivity index (χ3n) is 6.79. The minimum Gasteiger partial charge on any atom is -0.306 e. The van der Waals surface area contributed by atoms with Gasteiger partial charge in [0, 0.05) is 25.4 Å². The molecular formula is C24H27N9O. The smallest absolute Gasteiger partial charge is 0.306 e. The number of nitrogens with zero attached hydrogens (tertiary/aromatic N) is 8. The molecule has 0 bridgehead atoms. The van der Waals surface area contributed by atoms with Crippen LogP contribution in [0.5, 0.6) is 0 Å². The molecule has 1 aliphatic rings. The summed E-state index contributed by atoms with van der Waals surface area (Å²) in [6.07, 6.45) is 7.29. The Morgan fingerprint density at radius 1 is 1.15 bits per heavy atom. The lowest BCUT2D eigenvalue weighted by Gasteiger charge is -2.32. The number of aromatic nitrogens is 8. The molecule has 0 saturated carbocycles. The van der Waals surface area contributed by atoms with Crippen molar-refractivity contribution in [3.63, 3.8) is 0 Å². The monoisotopic (exact) mass is 457 g/mol. The van der Waals surface area contributed by atoms with Gasteiger partial charge in [0.2, 0.25) is 0 Å². The van der Waals surface area contributed by atoms with Gasteiger partial charge in [-0.25, -0.2) is 19.3 Å².